The number of aryl methyl sites for hydroxylation is 1. The zero-order chi connectivity index (χ0) is 26.4. The van der Waals surface area contributed by atoms with Gasteiger partial charge in [0, 0.05) is 18.2 Å². The lowest BCUT2D eigenvalue weighted by atomic mass is 9.82. The molecule has 1 amide bonds. The van der Waals surface area contributed by atoms with Crippen molar-refractivity contribution in [3.63, 3.8) is 0 Å². The number of carbonyl (C=O) groups excluding carboxylic acids is 3. The van der Waals surface area contributed by atoms with E-state index in [4.69, 9.17) is 14.2 Å². The first-order valence-corrected chi connectivity index (χ1v) is 12.2. The van der Waals surface area contributed by atoms with Gasteiger partial charge in [-0.25, -0.2) is 14.2 Å². The van der Waals surface area contributed by atoms with E-state index in [9.17, 15) is 18.8 Å². The highest BCUT2D eigenvalue weighted by atomic mass is 19.1. The van der Waals surface area contributed by atoms with Crippen LogP contribution in [0.15, 0.2) is 30.5 Å². The fourth-order valence-electron chi connectivity index (χ4n) is 4.38. The van der Waals surface area contributed by atoms with Gasteiger partial charge in [-0.1, -0.05) is 26.8 Å². The quantitative estimate of drug-likeness (QED) is 0.511. The van der Waals surface area contributed by atoms with Gasteiger partial charge in [-0.05, 0) is 55.9 Å². The van der Waals surface area contributed by atoms with Crippen LogP contribution in [0.25, 0.3) is 0 Å². The van der Waals surface area contributed by atoms with Gasteiger partial charge in [0.2, 0.25) is 5.75 Å². The Morgan fingerprint density at radius 1 is 1.17 bits per heavy atom. The molecule has 0 saturated heterocycles. The summed E-state index contributed by atoms with van der Waals surface area (Å²) in [6.07, 6.45) is 3.27. The summed E-state index contributed by atoms with van der Waals surface area (Å²) in [6, 6.07) is 5.13. The van der Waals surface area contributed by atoms with E-state index in [-0.39, 0.29) is 34.8 Å². The molecular weight excluding hydrogens is 467 g/mol. The number of rotatable bonds is 9. The fraction of sp³-hybridized carbons (Fsp3) is 0.481. The van der Waals surface area contributed by atoms with E-state index < -0.39 is 30.0 Å². The van der Waals surface area contributed by atoms with Crippen molar-refractivity contribution in [1.82, 2.24) is 10.3 Å². The summed E-state index contributed by atoms with van der Waals surface area (Å²) in [5.74, 6) is -2.46. The predicted molar refractivity (Wildman–Crippen MR) is 130 cm³/mol. The van der Waals surface area contributed by atoms with E-state index in [0.29, 0.717) is 25.7 Å². The Bertz CT molecular complexity index is 1120. The normalized spacial score (nSPS) is 17.6. The number of pyridine rings is 1. The van der Waals surface area contributed by atoms with Crippen LogP contribution in [0.3, 0.4) is 0 Å². The first kappa shape index (κ1) is 27.1. The number of esters is 2. The van der Waals surface area contributed by atoms with Gasteiger partial charge in [-0.3, -0.25) is 9.59 Å². The SMILES string of the molecule is CCC(CC)C(=O)Oc1c(OC)ccnc1C(=O)N[C@@H](C)C(=O)OC1CCc2cc(F)ccc2C1C. The second-order valence-corrected chi connectivity index (χ2v) is 8.97. The standard InChI is InChI=1S/C27H33FN2O6/c1-6-17(7-2)27(33)36-24-22(34-5)12-13-29-23(24)25(31)30-16(4)26(32)35-21-11-8-18-14-19(28)9-10-20(18)15(21)3/h9-10,12-17,21H,6-8,11H2,1-5H3,(H,30,31)/t15?,16-,21?/m0/s1. The summed E-state index contributed by atoms with van der Waals surface area (Å²) in [5, 5.41) is 2.58. The molecule has 1 aliphatic carbocycles. The number of fused-ring (bicyclic) bond motifs is 1. The fourth-order valence-corrected chi connectivity index (χ4v) is 4.38. The Kier molecular flexibility index (Phi) is 9.01. The Hall–Kier alpha value is -3.49. The molecule has 0 bridgehead atoms. The van der Waals surface area contributed by atoms with Crippen LogP contribution in [-0.2, 0) is 20.7 Å². The molecule has 2 unspecified atom stereocenters. The summed E-state index contributed by atoms with van der Waals surface area (Å²) in [7, 11) is 1.39. The Labute approximate surface area is 210 Å². The molecular formula is C27H33FN2O6. The van der Waals surface area contributed by atoms with Crippen molar-refractivity contribution in [3.05, 3.63) is 53.1 Å². The van der Waals surface area contributed by atoms with E-state index in [1.54, 1.807) is 6.07 Å². The van der Waals surface area contributed by atoms with Gasteiger partial charge in [-0.2, -0.15) is 0 Å². The van der Waals surface area contributed by atoms with Crippen LogP contribution in [0.5, 0.6) is 11.5 Å². The Balaban J connectivity index is 1.70. The van der Waals surface area contributed by atoms with Gasteiger partial charge in [0.15, 0.2) is 11.4 Å². The molecule has 0 fully saturated rings. The van der Waals surface area contributed by atoms with Crippen molar-refractivity contribution in [2.45, 2.75) is 71.4 Å². The first-order chi connectivity index (χ1) is 17.2. The minimum atomic E-state index is -0.991. The number of amides is 1. The van der Waals surface area contributed by atoms with Gasteiger partial charge in [0.05, 0.1) is 13.0 Å². The maximum absolute atomic E-state index is 13.6. The van der Waals surface area contributed by atoms with Crippen LogP contribution in [0.2, 0.25) is 0 Å². The van der Waals surface area contributed by atoms with E-state index in [0.717, 1.165) is 11.1 Å². The number of carbonyl (C=O) groups is 3. The van der Waals surface area contributed by atoms with Crippen LogP contribution in [0.4, 0.5) is 4.39 Å². The summed E-state index contributed by atoms with van der Waals surface area (Å²) in [5.41, 5.74) is 1.69. The number of hydrogen-bond acceptors (Lipinski definition) is 7. The third-order valence-electron chi connectivity index (χ3n) is 6.65. The lowest BCUT2D eigenvalue weighted by Crippen LogP contribution is -2.42. The molecule has 0 saturated carbocycles. The van der Waals surface area contributed by atoms with Crippen molar-refractivity contribution in [2.24, 2.45) is 5.92 Å². The largest absolute Gasteiger partial charge is 0.493 e. The van der Waals surface area contributed by atoms with Gasteiger partial charge in [0.25, 0.3) is 5.91 Å². The second kappa shape index (κ2) is 12.0. The van der Waals surface area contributed by atoms with Gasteiger partial charge in [-0.15, -0.1) is 0 Å². The number of methoxy groups -OCH3 is 1. The highest BCUT2D eigenvalue weighted by Gasteiger charge is 2.32. The zero-order valence-corrected chi connectivity index (χ0v) is 21.3. The predicted octanol–water partition coefficient (Wildman–Crippen LogP) is 4.35. The van der Waals surface area contributed by atoms with E-state index in [2.05, 4.69) is 10.3 Å². The highest BCUT2D eigenvalue weighted by Crippen LogP contribution is 2.34. The molecule has 2 aromatic rings. The molecule has 9 heteroatoms. The van der Waals surface area contributed by atoms with Gasteiger partial charge in [0.1, 0.15) is 18.0 Å². The van der Waals surface area contributed by atoms with Crippen LogP contribution >= 0.6 is 0 Å². The molecule has 0 spiro atoms. The van der Waals surface area contributed by atoms with Crippen LogP contribution in [-0.4, -0.2) is 42.1 Å². The summed E-state index contributed by atoms with van der Waals surface area (Å²) >= 11 is 0. The molecule has 0 aliphatic heterocycles. The minimum absolute atomic E-state index is 0.0975. The average Bonchev–Trinajstić information content (AvgIpc) is 2.86. The van der Waals surface area contributed by atoms with E-state index >= 15 is 0 Å². The maximum atomic E-state index is 13.6. The molecule has 1 aromatic heterocycles. The number of halogens is 1. The van der Waals surface area contributed by atoms with Crippen molar-refractivity contribution >= 4 is 17.8 Å². The third kappa shape index (κ3) is 6.01. The highest BCUT2D eigenvalue weighted by molar-refractivity contribution is 5.98. The van der Waals surface area contributed by atoms with Crippen LogP contribution < -0.4 is 14.8 Å². The number of nitrogens with one attached hydrogen (secondary N) is 1. The monoisotopic (exact) mass is 500 g/mol. The van der Waals surface area contributed by atoms with Crippen molar-refractivity contribution in [1.29, 1.82) is 0 Å². The first-order valence-electron chi connectivity index (χ1n) is 12.2. The third-order valence-corrected chi connectivity index (χ3v) is 6.65. The Morgan fingerprint density at radius 2 is 1.89 bits per heavy atom. The van der Waals surface area contributed by atoms with Gasteiger partial charge >= 0.3 is 11.9 Å². The molecule has 194 valence electrons. The average molecular weight is 501 g/mol. The van der Waals surface area contributed by atoms with Crippen LogP contribution in [0.1, 0.15) is 74.5 Å². The number of hydrogen-bond donors (Lipinski definition) is 1. The van der Waals surface area contributed by atoms with Gasteiger partial charge < -0.3 is 19.5 Å². The number of nitrogens with zero attached hydrogens (tertiary/aromatic N) is 1. The van der Waals surface area contributed by atoms with Crippen molar-refractivity contribution in [2.75, 3.05) is 7.11 Å². The lowest BCUT2D eigenvalue weighted by Gasteiger charge is -2.31. The molecule has 3 atom stereocenters. The molecule has 1 aromatic carbocycles. The van der Waals surface area contributed by atoms with E-state index in [1.807, 2.05) is 20.8 Å². The molecule has 1 N–H and O–H groups in total. The van der Waals surface area contributed by atoms with Crippen molar-refractivity contribution < 1.29 is 33.0 Å². The smallest absolute Gasteiger partial charge is 0.328 e. The minimum Gasteiger partial charge on any atom is -0.493 e. The van der Waals surface area contributed by atoms with Crippen molar-refractivity contribution in [3.8, 4) is 11.5 Å². The number of ether oxygens (including phenoxy) is 3. The molecule has 8 nitrogen and oxygen atoms in total. The summed E-state index contributed by atoms with van der Waals surface area (Å²) in [4.78, 5) is 42.5. The number of benzene rings is 1. The molecule has 3 rings (SSSR count). The second-order valence-electron chi connectivity index (χ2n) is 8.97. The van der Waals surface area contributed by atoms with Crippen LogP contribution in [0, 0.1) is 11.7 Å². The maximum Gasteiger partial charge on any atom is 0.328 e. The molecule has 0 radical (unpaired) electrons. The number of aromatic nitrogens is 1. The molecule has 36 heavy (non-hydrogen) atoms. The van der Waals surface area contributed by atoms with E-state index in [1.165, 1.54) is 38.4 Å². The summed E-state index contributed by atoms with van der Waals surface area (Å²) in [6.45, 7) is 7.19. The molecule has 1 heterocycles. The summed E-state index contributed by atoms with van der Waals surface area (Å²) < 4.78 is 30.1. The molecule has 1 aliphatic rings. The lowest BCUT2D eigenvalue weighted by molar-refractivity contribution is -0.152. The zero-order valence-electron chi connectivity index (χ0n) is 21.3. The topological polar surface area (TPSA) is 104 Å². The Morgan fingerprint density at radius 3 is 2.56 bits per heavy atom.